The SMILES string of the molecule is Cn1c(=O)[nH]c(=O)c2c1nc(N1CC[NH2+]CC1)n2CCCc1ccccc1. The first-order valence-electron chi connectivity index (χ1n) is 9.45. The molecule has 0 atom stereocenters. The van der Waals surface area contributed by atoms with Gasteiger partial charge in [-0.2, -0.15) is 4.98 Å². The summed E-state index contributed by atoms with van der Waals surface area (Å²) in [6.45, 7) is 4.45. The number of piperazine rings is 1. The maximum Gasteiger partial charge on any atom is 0.329 e. The van der Waals surface area contributed by atoms with Crippen LogP contribution in [0.3, 0.4) is 0 Å². The first kappa shape index (κ1) is 17.5. The maximum atomic E-state index is 12.5. The molecule has 1 aliphatic heterocycles. The third-order valence-electron chi connectivity index (χ3n) is 5.17. The monoisotopic (exact) mass is 369 g/mol. The Bertz CT molecular complexity index is 1040. The fourth-order valence-corrected chi connectivity index (χ4v) is 3.71. The van der Waals surface area contributed by atoms with Crippen LogP contribution in [0.25, 0.3) is 11.2 Å². The van der Waals surface area contributed by atoms with Gasteiger partial charge in [0.15, 0.2) is 11.2 Å². The molecule has 142 valence electrons. The normalized spacial score (nSPS) is 14.8. The van der Waals surface area contributed by atoms with E-state index in [-0.39, 0.29) is 5.56 Å². The van der Waals surface area contributed by atoms with E-state index in [1.54, 1.807) is 7.05 Å². The average Bonchev–Trinajstić information content (AvgIpc) is 3.08. The van der Waals surface area contributed by atoms with Gasteiger partial charge in [0.25, 0.3) is 5.56 Å². The fourth-order valence-electron chi connectivity index (χ4n) is 3.71. The van der Waals surface area contributed by atoms with Crippen LogP contribution >= 0.6 is 0 Å². The number of nitrogens with zero attached hydrogens (tertiary/aromatic N) is 4. The van der Waals surface area contributed by atoms with Crippen molar-refractivity contribution in [3.05, 3.63) is 56.7 Å². The summed E-state index contributed by atoms with van der Waals surface area (Å²) in [5.41, 5.74) is 1.41. The Morgan fingerprint density at radius 1 is 1.15 bits per heavy atom. The number of nitrogens with two attached hydrogens (primary N) is 1. The highest BCUT2D eigenvalue weighted by molar-refractivity contribution is 5.74. The standard InChI is InChI=1S/C19H24N6O2/c1-23-16-15(17(26)22-19(23)27)25(11-5-8-14-6-3-2-4-7-14)18(21-16)24-12-9-20-10-13-24/h2-4,6-7,20H,5,8-13H2,1H3,(H,22,26,27)/p+1. The zero-order valence-electron chi connectivity index (χ0n) is 15.5. The van der Waals surface area contributed by atoms with Gasteiger partial charge in [-0.3, -0.25) is 14.3 Å². The van der Waals surface area contributed by atoms with Crippen LogP contribution in [0.2, 0.25) is 0 Å². The predicted octanol–water partition coefficient (Wildman–Crippen LogP) is -0.560. The minimum atomic E-state index is -0.431. The summed E-state index contributed by atoms with van der Waals surface area (Å²) in [7, 11) is 1.65. The van der Waals surface area contributed by atoms with Gasteiger partial charge in [0.1, 0.15) is 0 Å². The second-order valence-electron chi connectivity index (χ2n) is 7.00. The molecule has 0 unspecified atom stereocenters. The molecule has 1 aliphatic rings. The number of rotatable bonds is 5. The topological polar surface area (TPSA) is 92.5 Å². The van der Waals surface area contributed by atoms with E-state index in [9.17, 15) is 9.59 Å². The van der Waals surface area contributed by atoms with Crippen molar-refractivity contribution in [2.24, 2.45) is 7.05 Å². The van der Waals surface area contributed by atoms with E-state index in [0.717, 1.165) is 45.0 Å². The number of hydrogen-bond donors (Lipinski definition) is 2. The van der Waals surface area contributed by atoms with Crippen molar-refractivity contribution >= 4 is 17.1 Å². The summed E-state index contributed by atoms with van der Waals surface area (Å²) in [5, 5.41) is 2.28. The molecule has 2 aromatic heterocycles. The van der Waals surface area contributed by atoms with Crippen molar-refractivity contribution in [1.82, 2.24) is 19.1 Å². The molecule has 8 nitrogen and oxygen atoms in total. The molecule has 0 amide bonds. The smallest absolute Gasteiger partial charge is 0.329 e. The highest BCUT2D eigenvalue weighted by Gasteiger charge is 2.23. The van der Waals surface area contributed by atoms with Crippen molar-refractivity contribution in [3.8, 4) is 0 Å². The maximum absolute atomic E-state index is 12.5. The fraction of sp³-hybridized carbons (Fsp3) is 0.421. The van der Waals surface area contributed by atoms with E-state index < -0.39 is 5.69 Å². The Kier molecular flexibility index (Phi) is 4.81. The number of quaternary nitrogens is 1. The lowest BCUT2D eigenvalue weighted by molar-refractivity contribution is -0.655. The summed E-state index contributed by atoms with van der Waals surface area (Å²) in [5.74, 6) is 0.790. The number of H-pyrrole nitrogens is 1. The Morgan fingerprint density at radius 3 is 2.63 bits per heavy atom. The van der Waals surface area contributed by atoms with E-state index in [2.05, 4.69) is 27.3 Å². The number of fused-ring (bicyclic) bond motifs is 1. The first-order valence-corrected chi connectivity index (χ1v) is 9.45. The summed E-state index contributed by atoms with van der Waals surface area (Å²) >= 11 is 0. The molecule has 3 heterocycles. The third-order valence-corrected chi connectivity index (χ3v) is 5.17. The first-order chi connectivity index (χ1) is 13.1. The lowest BCUT2D eigenvalue weighted by Crippen LogP contribution is -2.89. The molecule has 0 spiro atoms. The summed E-state index contributed by atoms with van der Waals surface area (Å²) in [6.07, 6.45) is 1.82. The van der Waals surface area contributed by atoms with E-state index in [0.29, 0.717) is 17.7 Å². The number of aromatic amines is 1. The summed E-state index contributed by atoms with van der Waals surface area (Å²) < 4.78 is 3.41. The van der Waals surface area contributed by atoms with E-state index >= 15 is 0 Å². The zero-order chi connectivity index (χ0) is 18.8. The van der Waals surface area contributed by atoms with Gasteiger partial charge in [-0.15, -0.1) is 0 Å². The van der Waals surface area contributed by atoms with Gasteiger partial charge >= 0.3 is 5.69 Å². The Morgan fingerprint density at radius 2 is 1.89 bits per heavy atom. The van der Waals surface area contributed by atoms with Crippen molar-refractivity contribution in [2.75, 3.05) is 31.1 Å². The van der Waals surface area contributed by atoms with E-state index in [1.807, 2.05) is 22.8 Å². The minimum Gasteiger partial charge on any atom is -0.343 e. The van der Waals surface area contributed by atoms with Crippen molar-refractivity contribution < 1.29 is 5.32 Å². The van der Waals surface area contributed by atoms with Crippen LogP contribution in [-0.4, -0.2) is 45.3 Å². The number of nitrogens with one attached hydrogen (secondary N) is 1. The van der Waals surface area contributed by atoms with Crippen molar-refractivity contribution in [3.63, 3.8) is 0 Å². The number of aryl methyl sites for hydroxylation is 3. The van der Waals surface area contributed by atoms with Gasteiger partial charge in [0.05, 0.1) is 26.2 Å². The number of aromatic nitrogens is 4. The van der Waals surface area contributed by atoms with Crippen LogP contribution < -0.4 is 21.5 Å². The Labute approximate surface area is 156 Å². The van der Waals surface area contributed by atoms with Gasteiger partial charge in [-0.1, -0.05) is 30.3 Å². The molecule has 0 aliphatic carbocycles. The molecular weight excluding hydrogens is 344 g/mol. The zero-order valence-corrected chi connectivity index (χ0v) is 15.5. The van der Waals surface area contributed by atoms with Crippen molar-refractivity contribution in [1.29, 1.82) is 0 Å². The third kappa shape index (κ3) is 3.40. The molecule has 8 heteroatoms. The van der Waals surface area contributed by atoms with Crippen LogP contribution in [0.1, 0.15) is 12.0 Å². The summed E-state index contributed by atoms with van der Waals surface area (Å²) in [6, 6.07) is 10.3. The minimum absolute atomic E-state index is 0.366. The molecular formula is C19H25N6O2+. The molecule has 0 radical (unpaired) electrons. The van der Waals surface area contributed by atoms with Crippen LogP contribution in [-0.2, 0) is 20.0 Å². The number of imidazole rings is 1. The second kappa shape index (κ2) is 7.40. The van der Waals surface area contributed by atoms with E-state index in [4.69, 9.17) is 4.98 Å². The summed E-state index contributed by atoms with van der Waals surface area (Å²) in [4.78, 5) is 33.9. The lowest BCUT2D eigenvalue weighted by atomic mass is 10.1. The number of hydrogen-bond acceptors (Lipinski definition) is 4. The van der Waals surface area contributed by atoms with Crippen LogP contribution in [0.5, 0.6) is 0 Å². The molecule has 1 saturated heterocycles. The van der Waals surface area contributed by atoms with Crippen molar-refractivity contribution in [2.45, 2.75) is 19.4 Å². The molecule has 3 N–H and O–H groups in total. The molecule has 4 rings (SSSR count). The predicted molar refractivity (Wildman–Crippen MR) is 104 cm³/mol. The Balaban J connectivity index is 1.72. The molecule has 27 heavy (non-hydrogen) atoms. The van der Waals surface area contributed by atoms with Crippen LogP contribution in [0, 0.1) is 0 Å². The quantitative estimate of drug-likeness (QED) is 0.631. The molecule has 1 aromatic carbocycles. The number of anilines is 1. The second-order valence-corrected chi connectivity index (χ2v) is 7.00. The largest absolute Gasteiger partial charge is 0.343 e. The van der Waals surface area contributed by atoms with E-state index in [1.165, 1.54) is 10.1 Å². The molecule has 1 fully saturated rings. The van der Waals surface area contributed by atoms with Crippen LogP contribution in [0.4, 0.5) is 5.95 Å². The molecule has 0 saturated carbocycles. The Hall–Kier alpha value is -2.87. The van der Waals surface area contributed by atoms with Gasteiger partial charge in [-0.05, 0) is 18.4 Å². The average molecular weight is 369 g/mol. The van der Waals surface area contributed by atoms with Gasteiger partial charge in [0, 0.05) is 13.6 Å². The highest BCUT2D eigenvalue weighted by atomic mass is 16.2. The number of benzene rings is 1. The highest BCUT2D eigenvalue weighted by Crippen LogP contribution is 2.20. The molecule has 3 aromatic rings. The molecule has 0 bridgehead atoms. The van der Waals surface area contributed by atoms with Crippen LogP contribution in [0.15, 0.2) is 39.9 Å². The lowest BCUT2D eigenvalue weighted by Gasteiger charge is -2.26. The van der Waals surface area contributed by atoms with Gasteiger partial charge in [-0.25, -0.2) is 4.79 Å². The van der Waals surface area contributed by atoms with Gasteiger partial charge < -0.3 is 14.8 Å². The van der Waals surface area contributed by atoms with Gasteiger partial charge in [0.2, 0.25) is 5.95 Å².